The Kier molecular flexibility index (Phi) is 7.13. The summed E-state index contributed by atoms with van der Waals surface area (Å²) in [5, 5.41) is 19.4. The fourth-order valence-corrected chi connectivity index (χ4v) is 7.19. The third-order valence-corrected chi connectivity index (χ3v) is 8.37. The molecule has 0 radical (unpaired) electrons. The minimum atomic E-state index is -4.37. The predicted octanol–water partition coefficient (Wildman–Crippen LogP) is 3.53. The summed E-state index contributed by atoms with van der Waals surface area (Å²) in [7, 11) is -4.37. The number of benzene rings is 2. The maximum absolute atomic E-state index is 13.6. The fourth-order valence-electron chi connectivity index (χ4n) is 4.18. The Bertz CT molecular complexity index is 848. The molecule has 2 aromatic carbocycles. The molecule has 3 N–H and O–H groups in total. The molecular formula is C23H31O5P. The van der Waals surface area contributed by atoms with Gasteiger partial charge in [0, 0.05) is 0 Å². The average molecular weight is 418 g/mol. The number of aliphatic hydroxyl groups is 2. The Morgan fingerprint density at radius 3 is 1.38 bits per heavy atom. The van der Waals surface area contributed by atoms with Crippen LogP contribution in [-0.2, 0) is 0 Å². The van der Waals surface area contributed by atoms with E-state index in [9.17, 15) is 24.7 Å². The molecule has 29 heavy (non-hydrogen) atoms. The molecule has 0 bridgehead atoms. The van der Waals surface area contributed by atoms with E-state index in [0.29, 0.717) is 33.4 Å². The number of hydrogen-bond donors (Lipinski definition) is 3. The van der Waals surface area contributed by atoms with Gasteiger partial charge in [-0.15, -0.1) is 0 Å². The standard InChI is InChI=1S/C23H31O5P/c1-13-7-15(3)20(16(4)8-13)22(26)29(28,12-19(25)11-24)23(27)21-17(5)9-14(2)10-18(21)6/h7-10,19,24-25,28-29H,11-12H2,1-6H3. The van der Waals surface area contributed by atoms with Gasteiger partial charge in [0.2, 0.25) is 0 Å². The SMILES string of the molecule is Cc1cc(C)c(C(=O)[PH](O)(CC(O)CO)C(=O)c2c(C)cc(C)cc2C)c(C)c1. The van der Waals surface area contributed by atoms with Gasteiger partial charge >= 0.3 is 172 Å². The van der Waals surface area contributed by atoms with Gasteiger partial charge in [0.05, 0.1) is 0 Å². The fraction of sp³-hybridized carbons (Fsp3) is 0.391. The van der Waals surface area contributed by atoms with Gasteiger partial charge in [-0.2, -0.15) is 0 Å². The third-order valence-electron chi connectivity index (χ3n) is 5.30. The molecule has 0 saturated heterocycles. The van der Waals surface area contributed by atoms with Gasteiger partial charge in [0.1, 0.15) is 0 Å². The van der Waals surface area contributed by atoms with Gasteiger partial charge < -0.3 is 0 Å². The Labute approximate surface area is 172 Å². The van der Waals surface area contributed by atoms with Crippen LogP contribution >= 0.6 is 7.49 Å². The van der Waals surface area contributed by atoms with Gasteiger partial charge in [0.25, 0.3) is 0 Å². The second kappa shape index (κ2) is 8.85. The van der Waals surface area contributed by atoms with E-state index in [1.54, 1.807) is 27.7 Å². The molecule has 0 heterocycles. The second-order valence-electron chi connectivity index (χ2n) is 8.11. The number of rotatable bonds is 7. The predicted molar refractivity (Wildman–Crippen MR) is 118 cm³/mol. The Balaban J connectivity index is 2.69. The number of aliphatic hydroxyl groups excluding tert-OH is 2. The topological polar surface area (TPSA) is 94.8 Å². The van der Waals surface area contributed by atoms with Crippen LogP contribution in [0.2, 0.25) is 0 Å². The zero-order valence-electron chi connectivity index (χ0n) is 18.0. The Morgan fingerprint density at radius 2 is 1.10 bits per heavy atom. The maximum atomic E-state index is 13.6. The molecule has 0 spiro atoms. The van der Waals surface area contributed by atoms with Crippen LogP contribution in [0.4, 0.5) is 0 Å². The first-order chi connectivity index (χ1) is 13.4. The van der Waals surface area contributed by atoms with E-state index >= 15 is 0 Å². The molecule has 5 nitrogen and oxygen atoms in total. The molecule has 2 rings (SSSR count). The summed E-state index contributed by atoms with van der Waals surface area (Å²) >= 11 is 0. The summed E-state index contributed by atoms with van der Waals surface area (Å²) in [4.78, 5) is 38.7. The minimum absolute atomic E-state index is 0.325. The monoisotopic (exact) mass is 418 g/mol. The van der Waals surface area contributed by atoms with Crippen molar-refractivity contribution < 1.29 is 24.7 Å². The van der Waals surface area contributed by atoms with Crippen LogP contribution in [-0.4, -0.2) is 45.0 Å². The van der Waals surface area contributed by atoms with Gasteiger partial charge in [0.15, 0.2) is 0 Å². The molecule has 0 saturated carbocycles. The van der Waals surface area contributed by atoms with E-state index in [2.05, 4.69) is 0 Å². The van der Waals surface area contributed by atoms with Gasteiger partial charge in [-0.1, -0.05) is 0 Å². The van der Waals surface area contributed by atoms with Crippen LogP contribution in [0, 0.1) is 41.5 Å². The van der Waals surface area contributed by atoms with Crippen molar-refractivity contribution >= 4 is 18.5 Å². The van der Waals surface area contributed by atoms with Crippen molar-refractivity contribution in [3.05, 3.63) is 68.8 Å². The van der Waals surface area contributed by atoms with Crippen molar-refractivity contribution in [2.75, 3.05) is 12.8 Å². The first-order valence-corrected chi connectivity index (χ1v) is 11.8. The van der Waals surface area contributed by atoms with Crippen LogP contribution in [0.3, 0.4) is 0 Å². The molecule has 0 aromatic heterocycles. The third kappa shape index (κ3) is 4.65. The Hall–Kier alpha value is -1.91. The first kappa shape index (κ1) is 23.4. The van der Waals surface area contributed by atoms with Crippen molar-refractivity contribution in [1.82, 2.24) is 0 Å². The molecule has 158 valence electrons. The van der Waals surface area contributed by atoms with Gasteiger partial charge in [-0.3, -0.25) is 0 Å². The van der Waals surface area contributed by atoms with Crippen molar-refractivity contribution in [3.8, 4) is 0 Å². The van der Waals surface area contributed by atoms with Crippen LogP contribution in [0.25, 0.3) is 0 Å². The van der Waals surface area contributed by atoms with E-state index < -0.39 is 37.4 Å². The number of hydrogen-bond acceptors (Lipinski definition) is 5. The normalized spacial score (nSPS) is 13.3. The van der Waals surface area contributed by atoms with E-state index in [-0.39, 0.29) is 0 Å². The molecule has 1 unspecified atom stereocenters. The molecule has 0 amide bonds. The van der Waals surface area contributed by atoms with Crippen LogP contribution in [0.15, 0.2) is 24.3 Å². The average Bonchev–Trinajstić information content (AvgIpc) is 2.59. The summed E-state index contributed by atoms with van der Waals surface area (Å²) in [6, 6.07) is 7.35. The molecular weight excluding hydrogens is 387 g/mol. The van der Waals surface area contributed by atoms with Crippen molar-refractivity contribution in [2.24, 2.45) is 0 Å². The summed E-state index contributed by atoms with van der Waals surface area (Å²) in [5.41, 5.74) is 4.10. The summed E-state index contributed by atoms with van der Waals surface area (Å²) in [6.45, 7) is 10.3. The van der Waals surface area contributed by atoms with Crippen LogP contribution in [0.5, 0.6) is 0 Å². The van der Waals surface area contributed by atoms with E-state index in [1.807, 2.05) is 38.1 Å². The molecule has 0 aliphatic heterocycles. The number of carbonyl (C=O) groups is 2. The summed E-state index contributed by atoms with van der Waals surface area (Å²) < 4.78 is 0. The summed E-state index contributed by atoms with van der Waals surface area (Å²) in [6.07, 6.45) is -1.79. The van der Waals surface area contributed by atoms with E-state index in [1.165, 1.54) is 0 Å². The number of aryl methyl sites for hydroxylation is 6. The quantitative estimate of drug-likeness (QED) is 0.598. The number of carbonyl (C=O) groups excluding carboxylic acids is 2. The van der Waals surface area contributed by atoms with Crippen molar-refractivity contribution in [3.63, 3.8) is 0 Å². The van der Waals surface area contributed by atoms with E-state index in [0.717, 1.165) is 11.1 Å². The first-order valence-electron chi connectivity index (χ1n) is 9.69. The molecule has 6 heteroatoms. The Morgan fingerprint density at radius 1 is 0.793 bits per heavy atom. The molecule has 1 atom stereocenters. The summed E-state index contributed by atoms with van der Waals surface area (Å²) in [5.74, 6) is 0. The molecule has 0 aliphatic carbocycles. The van der Waals surface area contributed by atoms with Gasteiger partial charge in [-0.05, 0) is 0 Å². The molecule has 0 aliphatic rings. The second-order valence-corrected chi connectivity index (χ2v) is 11.1. The van der Waals surface area contributed by atoms with E-state index in [4.69, 9.17) is 0 Å². The van der Waals surface area contributed by atoms with Crippen molar-refractivity contribution in [2.45, 2.75) is 47.6 Å². The molecule has 2 aromatic rings. The van der Waals surface area contributed by atoms with Crippen molar-refractivity contribution in [1.29, 1.82) is 0 Å². The van der Waals surface area contributed by atoms with Gasteiger partial charge in [-0.25, -0.2) is 0 Å². The zero-order valence-corrected chi connectivity index (χ0v) is 19.0. The van der Waals surface area contributed by atoms with Crippen LogP contribution < -0.4 is 0 Å². The molecule has 0 fully saturated rings. The zero-order chi connectivity index (χ0) is 22.1. The van der Waals surface area contributed by atoms with Crippen LogP contribution in [0.1, 0.15) is 54.1 Å².